The van der Waals surface area contributed by atoms with Gasteiger partial charge in [0.1, 0.15) is 18.6 Å². The van der Waals surface area contributed by atoms with Crippen molar-refractivity contribution in [2.45, 2.75) is 17.7 Å². The van der Waals surface area contributed by atoms with E-state index in [0.717, 1.165) is 11.4 Å². The average molecular weight is 561 g/mol. The molecule has 2 radical (unpaired) electrons. The first-order chi connectivity index (χ1) is 17.3. The molecule has 0 spiro atoms. The van der Waals surface area contributed by atoms with Crippen LogP contribution in [0.5, 0.6) is 0 Å². The second-order valence-corrected chi connectivity index (χ2v) is 11.7. The van der Waals surface area contributed by atoms with E-state index in [1.54, 1.807) is 22.8 Å². The number of piperidine rings is 1. The van der Waals surface area contributed by atoms with Gasteiger partial charge >= 0.3 is 0 Å². The lowest BCUT2D eigenvalue weighted by molar-refractivity contribution is 0.282. The summed E-state index contributed by atoms with van der Waals surface area (Å²) >= 11 is 18.6. The van der Waals surface area contributed by atoms with Gasteiger partial charge in [0.2, 0.25) is 10.0 Å². The second kappa shape index (κ2) is 10.2. The second-order valence-electron chi connectivity index (χ2n) is 8.62. The van der Waals surface area contributed by atoms with Crippen molar-refractivity contribution in [1.29, 1.82) is 0 Å². The predicted molar refractivity (Wildman–Crippen MR) is 145 cm³/mol. The fraction of sp³-hybridized carbons (Fsp3) is 0.250. The van der Waals surface area contributed by atoms with Crippen LogP contribution in [-0.4, -0.2) is 54.8 Å². The van der Waals surface area contributed by atoms with Gasteiger partial charge in [-0.05, 0) is 42.4 Å². The molecule has 12 heteroatoms. The molecule has 0 aliphatic carbocycles. The molecule has 4 aromatic rings. The number of nitrogens with zero attached hydrogens (tertiary/aromatic N) is 4. The number of hydrogen-bond acceptors (Lipinski definition) is 5. The molecule has 5 rings (SSSR count). The molecule has 0 atom stereocenters. The lowest BCUT2D eigenvalue weighted by Crippen LogP contribution is -2.40. The molecule has 184 valence electrons. The van der Waals surface area contributed by atoms with Crippen LogP contribution in [0.4, 0.5) is 5.82 Å². The summed E-state index contributed by atoms with van der Waals surface area (Å²) in [6.45, 7) is 1.42. The number of halogens is 3. The summed E-state index contributed by atoms with van der Waals surface area (Å²) in [4.78, 5) is 4.70. The molecule has 1 fully saturated rings. The molecule has 2 aromatic heterocycles. The smallest absolute Gasteiger partial charge is 0.244 e. The zero-order chi connectivity index (χ0) is 25.4. The van der Waals surface area contributed by atoms with Gasteiger partial charge < -0.3 is 5.32 Å². The Labute approximate surface area is 225 Å². The third-order valence-corrected chi connectivity index (χ3v) is 9.53. The number of aromatic nitrogens is 3. The predicted octanol–water partition coefficient (Wildman–Crippen LogP) is 4.66. The maximum atomic E-state index is 13.1. The van der Waals surface area contributed by atoms with Gasteiger partial charge in [0.15, 0.2) is 5.65 Å². The van der Waals surface area contributed by atoms with Crippen molar-refractivity contribution in [1.82, 2.24) is 18.9 Å². The molecule has 0 bridgehead atoms. The molecule has 1 aliphatic heterocycles. The van der Waals surface area contributed by atoms with E-state index in [1.165, 1.54) is 10.4 Å². The van der Waals surface area contributed by atoms with Crippen molar-refractivity contribution in [2.75, 3.05) is 25.0 Å². The molecule has 3 heterocycles. The van der Waals surface area contributed by atoms with Crippen molar-refractivity contribution < 1.29 is 8.42 Å². The van der Waals surface area contributed by atoms with Crippen LogP contribution in [0, 0.1) is 5.92 Å². The Morgan fingerprint density at radius 1 is 1.03 bits per heavy atom. The summed E-state index contributed by atoms with van der Waals surface area (Å²) in [5, 5.41) is 8.67. The lowest BCUT2D eigenvalue weighted by atomic mass is 9.98. The van der Waals surface area contributed by atoms with E-state index in [1.807, 2.05) is 30.3 Å². The summed E-state index contributed by atoms with van der Waals surface area (Å²) in [5.41, 5.74) is 2.48. The Bertz CT molecular complexity index is 1540. The highest BCUT2D eigenvalue weighted by Crippen LogP contribution is 2.33. The van der Waals surface area contributed by atoms with E-state index in [0.29, 0.717) is 54.3 Å². The highest BCUT2D eigenvalue weighted by atomic mass is 35.5. The van der Waals surface area contributed by atoms with Gasteiger partial charge in [0, 0.05) is 42.5 Å². The summed E-state index contributed by atoms with van der Waals surface area (Å²) in [6, 6.07) is 14.0. The van der Waals surface area contributed by atoms with Crippen LogP contribution in [0.1, 0.15) is 12.8 Å². The van der Waals surface area contributed by atoms with Crippen LogP contribution in [0.15, 0.2) is 59.6 Å². The molecule has 1 saturated heterocycles. The number of benzene rings is 2. The van der Waals surface area contributed by atoms with Crippen LogP contribution in [0.2, 0.25) is 15.1 Å². The highest BCUT2D eigenvalue weighted by Gasteiger charge is 2.31. The topological polar surface area (TPSA) is 79.6 Å². The minimum Gasteiger partial charge on any atom is -0.370 e. The fourth-order valence-corrected chi connectivity index (χ4v) is 6.78. The van der Waals surface area contributed by atoms with Crippen LogP contribution in [0.3, 0.4) is 0 Å². The van der Waals surface area contributed by atoms with Crippen molar-refractivity contribution in [3.8, 4) is 11.3 Å². The van der Waals surface area contributed by atoms with Gasteiger partial charge in [-0.3, -0.25) is 0 Å². The van der Waals surface area contributed by atoms with Gasteiger partial charge in [-0.2, -0.15) is 13.9 Å². The standard InChI is InChI=1S/C24H21BCl3N5O2S/c25-17-14-30-33-22(12-20(31-24(17)33)16-4-1-2-5-18(16)26)29-13-15-8-10-32(11-9-15)36(34,35)21-7-3-6-19(27)23(21)28/h1-7,12,14-15,29H,8-11,13H2. The Hall–Kier alpha value is -2.30. The number of fused-ring (bicyclic) bond motifs is 1. The molecule has 1 N–H and O–H groups in total. The number of rotatable bonds is 6. The van der Waals surface area contributed by atoms with E-state index in [2.05, 4.69) is 15.4 Å². The van der Waals surface area contributed by atoms with Gasteiger partial charge in [-0.1, -0.05) is 59.1 Å². The van der Waals surface area contributed by atoms with E-state index < -0.39 is 10.0 Å². The minimum atomic E-state index is -3.72. The Balaban J connectivity index is 1.31. The van der Waals surface area contributed by atoms with Gasteiger partial charge in [0.25, 0.3) is 0 Å². The molecule has 0 saturated carbocycles. The van der Waals surface area contributed by atoms with Crippen LogP contribution < -0.4 is 10.8 Å². The third-order valence-electron chi connectivity index (χ3n) is 6.33. The maximum Gasteiger partial charge on any atom is 0.244 e. The molecule has 2 aromatic carbocycles. The lowest BCUT2D eigenvalue weighted by Gasteiger charge is -2.31. The summed E-state index contributed by atoms with van der Waals surface area (Å²) < 4.78 is 29.4. The molecular weight excluding hydrogens is 540 g/mol. The van der Waals surface area contributed by atoms with E-state index >= 15 is 0 Å². The fourth-order valence-electron chi connectivity index (χ4n) is 4.34. The Kier molecular flexibility index (Phi) is 7.20. The van der Waals surface area contributed by atoms with Gasteiger partial charge in [-0.25, -0.2) is 13.4 Å². The number of sulfonamides is 1. The number of hydrogen-bond donors (Lipinski definition) is 1. The zero-order valence-electron chi connectivity index (χ0n) is 19.0. The van der Waals surface area contributed by atoms with Gasteiger partial charge in [0.05, 0.1) is 15.7 Å². The Morgan fingerprint density at radius 3 is 2.50 bits per heavy atom. The van der Waals surface area contributed by atoms with Crippen LogP contribution in [-0.2, 0) is 10.0 Å². The number of nitrogens with one attached hydrogen (secondary N) is 1. The summed E-state index contributed by atoms with van der Waals surface area (Å²) in [6.07, 6.45) is 2.95. The molecule has 0 amide bonds. The third kappa shape index (κ3) is 4.83. The first kappa shape index (κ1) is 25.4. The monoisotopic (exact) mass is 559 g/mol. The summed E-state index contributed by atoms with van der Waals surface area (Å²) in [5.74, 6) is 0.985. The average Bonchev–Trinajstić information content (AvgIpc) is 3.25. The molecule has 1 aliphatic rings. The minimum absolute atomic E-state index is 0.0378. The summed E-state index contributed by atoms with van der Waals surface area (Å²) in [7, 11) is 2.38. The van der Waals surface area contributed by atoms with Crippen molar-refractivity contribution in [2.24, 2.45) is 5.92 Å². The first-order valence-corrected chi connectivity index (χ1v) is 13.9. The first-order valence-electron chi connectivity index (χ1n) is 11.3. The van der Waals surface area contributed by atoms with Crippen LogP contribution >= 0.6 is 34.8 Å². The van der Waals surface area contributed by atoms with Crippen molar-refractivity contribution >= 4 is 69.6 Å². The largest absolute Gasteiger partial charge is 0.370 e. The maximum absolute atomic E-state index is 13.1. The molecule has 7 nitrogen and oxygen atoms in total. The highest BCUT2D eigenvalue weighted by molar-refractivity contribution is 7.89. The molecule has 0 unspecified atom stereocenters. The van der Waals surface area contributed by atoms with E-state index in [4.69, 9.17) is 42.6 Å². The quantitative estimate of drug-likeness (QED) is 0.347. The number of anilines is 1. The van der Waals surface area contributed by atoms with E-state index in [-0.39, 0.29) is 20.9 Å². The zero-order valence-corrected chi connectivity index (χ0v) is 22.1. The van der Waals surface area contributed by atoms with Crippen molar-refractivity contribution in [3.63, 3.8) is 0 Å². The molecular formula is C24H21BCl3N5O2S. The normalized spacial score (nSPS) is 15.4. The Morgan fingerprint density at radius 2 is 1.75 bits per heavy atom. The SMILES string of the molecule is [B]c1cnn2c(NCC3CCN(S(=O)(=O)c4cccc(Cl)c4Cl)CC3)cc(-c3ccccc3Cl)nc12. The van der Waals surface area contributed by atoms with Gasteiger partial charge in [-0.15, -0.1) is 0 Å². The molecule has 36 heavy (non-hydrogen) atoms. The van der Waals surface area contributed by atoms with Crippen molar-refractivity contribution in [3.05, 3.63) is 69.8 Å². The van der Waals surface area contributed by atoms with E-state index in [9.17, 15) is 8.42 Å². The van der Waals surface area contributed by atoms with Crippen LogP contribution in [0.25, 0.3) is 16.9 Å².